The van der Waals surface area contributed by atoms with Gasteiger partial charge in [-0.15, -0.1) is 0 Å². The standard InChI is InChI=1S/C16H16N6/c1-10(2)22-16-14(15(18)19-9-20-16)13(21-22)8-5-11-3-6-12(17)7-4-11/h3-4,6-7,9-10H,17H2,1-2H3,(H2,18,19,20). The van der Waals surface area contributed by atoms with Gasteiger partial charge < -0.3 is 11.5 Å². The van der Waals surface area contributed by atoms with Gasteiger partial charge in [0.2, 0.25) is 0 Å². The van der Waals surface area contributed by atoms with Gasteiger partial charge in [-0.05, 0) is 44.0 Å². The van der Waals surface area contributed by atoms with Crippen molar-refractivity contribution >= 4 is 22.5 Å². The predicted octanol–water partition coefficient (Wildman–Crippen LogP) is 1.97. The minimum atomic E-state index is 0.156. The summed E-state index contributed by atoms with van der Waals surface area (Å²) in [5.41, 5.74) is 14.5. The molecule has 2 heterocycles. The van der Waals surface area contributed by atoms with Crippen molar-refractivity contribution in [1.29, 1.82) is 0 Å². The summed E-state index contributed by atoms with van der Waals surface area (Å²) in [7, 11) is 0. The third-order valence-electron chi connectivity index (χ3n) is 3.24. The van der Waals surface area contributed by atoms with E-state index in [0.29, 0.717) is 28.2 Å². The Morgan fingerprint density at radius 3 is 2.45 bits per heavy atom. The Balaban J connectivity index is 2.14. The molecular formula is C16H16N6. The van der Waals surface area contributed by atoms with Crippen LogP contribution in [0.1, 0.15) is 31.1 Å². The van der Waals surface area contributed by atoms with E-state index in [1.807, 2.05) is 38.1 Å². The van der Waals surface area contributed by atoms with Crippen LogP contribution in [0.25, 0.3) is 11.0 Å². The smallest absolute Gasteiger partial charge is 0.164 e. The molecule has 0 saturated heterocycles. The van der Waals surface area contributed by atoms with Crippen LogP contribution in [0.4, 0.5) is 11.5 Å². The van der Waals surface area contributed by atoms with Gasteiger partial charge in [0.05, 0.1) is 5.39 Å². The number of nitrogen functional groups attached to an aromatic ring is 2. The number of nitrogens with zero attached hydrogens (tertiary/aromatic N) is 4. The number of rotatable bonds is 1. The molecule has 0 fully saturated rings. The second-order valence-electron chi connectivity index (χ2n) is 5.22. The van der Waals surface area contributed by atoms with Crippen molar-refractivity contribution < 1.29 is 0 Å². The van der Waals surface area contributed by atoms with Gasteiger partial charge in [0.1, 0.15) is 17.8 Å². The minimum Gasteiger partial charge on any atom is -0.399 e. The fourth-order valence-corrected chi connectivity index (χ4v) is 2.14. The Bertz CT molecular complexity index is 881. The lowest BCUT2D eigenvalue weighted by atomic mass is 10.2. The lowest BCUT2D eigenvalue weighted by Crippen LogP contribution is -2.04. The average molecular weight is 292 g/mol. The van der Waals surface area contributed by atoms with Crippen LogP contribution in [0.5, 0.6) is 0 Å². The number of hydrogen-bond acceptors (Lipinski definition) is 5. The first-order chi connectivity index (χ1) is 10.6. The molecule has 3 rings (SSSR count). The highest BCUT2D eigenvalue weighted by Gasteiger charge is 2.15. The number of anilines is 2. The second-order valence-corrected chi connectivity index (χ2v) is 5.22. The van der Waals surface area contributed by atoms with Crippen molar-refractivity contribution in [3.05, 3.63) is 41.9 Å². The van der Waals surface area contributed by atoms with Gasteiger partial charge in [0.25, 0.3) is 0 Å². The molecule has 4 N–H and O–H groups in total. The number of hydrogen-bond donors (Lipinski definition) is 2. The molecule has 110 valence electrons. The molecule has 2 aromatic heterocycles. The summed E-state index contributed by atoms with van der Waals surface area (Å²) in [6.07, 6.45) is 1.44. The summed E-state index contributed by atoms with van der Waals surface area (Å²) in [6.45, 7) is 4.06. The minimum absolute atomic E-state index is 0.156. The molecule has 0 unspecified atom stereocenters. The fraction of sp³-hybridized carbons (Fsp3) is 0.188. The van der Waals surface area contributed by atoms with Crippen LogP contribution in [0.3, 0.4) is 0 Å². The van der Waals surface area contributed by atoms with Gasteiger partial charge in [-0.25, -0.2) is 14.6 Å². The zero-order chi connectivity index (χ0) is 15.7. The fourth-order valence-electron chi connectivity index (χ4n) is 2.14. The van der Waals surface area contributed by atoms with Crippen LogP contribution >= 0.6 is 0 Å². The molecule has 22 heavy (non-hydrogen) atoms. The van der Waals surface area contributed by atoms with Crippen molar-refractivity contribution in [3.63, 3.8) is 0 Å². The van der Waals surface area contributed by atoms with E-state index in [4.69, 9.17) is 11.5 Å². The molecule has 6 heteroatoms. The largest absolute Gasteiger partial charge is 0.399 e. The van der Waals surface area contributed by atoms with Gasteiger partial charge in [-0.1, -0.05) is 5.92 Å². The number of aromatic nitrogens is 4. The van der Waals surface area contributed by atoms with Crippen molar-refractivity contribution in [1.82, 2.24) is 19.7 Å². The third kappa shape index (κ3) is 2.44. The van der Waals surface area contributed by atoms with Gasteiger partial charge in [0.15, 0.2) is 5.65 Å². The molecule has 0 saturated carbocycles. The number of nitrogens with two attached hydrogens (primary N) is 2. The normalized spacial score (nSPS) is 10.7. The predicted molar refractivity (Wildman–Crippen MR) is 87.0 cm³/mol. The van der Waals surface area contributed by atoms with E-state index < -0.39 is 0 Å². The summed E-state index contributed by atoms with van der Waals surface area (Å²) in [5.74, 6) is 6.51. The molecule has 6 nitrogen and oxygen atoms in total. The summed E-state index contributed by atoms with van der Waals surface area (Å²) >= 11 is 0. The second kappa shape index (κ2) is 5.37. The highest BCUT2D eigenvalue weighted by atomic mass is 15.3. The van der Waals surface area contributed by atoms with Crippen molar-refractivity contribution in [2.24, 2.45) is 0 Å². The highest BCUT2D eigenvalue weighted by Crippen LogP contribution is 2.23. The third-order valence-corrected chi connectivity index (χ3v) is 3.24. The van der Waals surface area contributed by atoms with E-state index in [0.717, 1.165) is 5.56 Å². The van der Waals surface area contributed by atoms with Crippen molar-refractivity contribution in [2.45, 2.75) is 19.9 Å². The first kappa shape index (κ1) is 13.9. The molecule has 0 bridgehead atoms. The van der Waals surface area contributed by atoms with Crippen LogP contribution in [0.15, 0.2) is 30.6 Å². The van der Waals surface area contributed by atoms with Crippen molar-refractivity contribution in [2.75, 3.05) is 11.5 Å². The van der Waals surface area contributed by atoms with Crippen LogP contribution < -0.4 is 11.5 Å². The summed E-state index contributed by atoms with van der Waals surface area (Å²) in [6, 6.07) is 7.51. The summed E-state index contributed by atoms with van der Waals surface area (Å²) in [4.78, 5) is 8.31. The molecular weight excluding hydrogens is 276 g/mol. The first-order valence-electron chi connectivity index (χ1n) is 6.92. The molecule has 0 aliphatic rings. The Hall–Kier alpha value is -3.07. The van der Waals surface area contributed by atoms with Gasteiger partial charge in [-0.3, -0.25) is 0 Å². The van der Waals surface area contributed by atoms with Gasteiger partial charge >= 0.3 is 0 Å². The van der Waals surface area contributed by atoms with E-state index in [-0.39, 0.29) is 6.04 Å². The maximum absolute atomic E-state index is 5.97. The molecule has 1 aromatic carbocycles. The van der Waals surface area contributed by atoms with Crippen molar-refractivity contribution in [3.8, 4) is 11.8 Å². The quantitative estimate of drug-likeness (QED) is 0.528. The number of benzene rings is 1. The van der Waals surface area contributed by atoms with Crippen LogP contribution in [-0.2, 0) is 0 Å². The Morgan fingerprint density at radius 2 is 1.77 bits per heavy atom. The molecule has 3 aromatic rings. The molecule has 0 radical (unpaired) electrons. The molecule has 0 aliphatic carbocycles. The Kier molecular flexibility index (Phi) is 3.39. The summed E-state index contributed by atoms with van der Waals surface area (Å²) in [5, 5.41) is 5.21. The number of fused-ring (bicyclic) bond motifs is 1. The average Bonchev–Trinajstić information content (AvgIpc) is 2.87. The van der Waals surface area contributed by atoms with Gasteiger partial charge in [-0.2, -0.15) is 5.10 Å². The van der Waals surface area contributed by atoms with Crippen LogP contribution in [0, 0.1) is 11.8 Å². The SMILES string of the molecule is CC(C)n1nc(C#Cc2ccc(N)cc2)c2c(N)ncnc21. The molecule has 0 amide bonds. The lowest BCUT2D eigenvalue weighted by Gasteiger charge is -2.05. The van der Waals surface area contributed by atoms with Crippen LogP contribution in [0.2, 0.25) is 0 Å². The van der Waals surface area contributed by atoms with E-state index in [9.17, 15) is 0 Å². The molecule has 0 spiro atoms. The zero-order valence-corrected chi connectivity index (χ0v) is 12.4. The molecule has 0 atom stereocenters. The maximum atomic E-state index is 5.97. The summed E-state index contributed by atoms with van der Waals surface area (Å²) < 4.78 is 1.81. The first-order valence-corrected chi connectivity index (χ1v) is 6.92. The van der Waals surface area contributed by atoms with E-state index >= 15 is 0 Å². The molecule has 0 aliphatic heterocycles. The topological polar surface area (TPSA) is 95.6 Å². The van der Waals surface area contributed by atoms with Crippen LogP contribution in [-0.4, -0.2) is 19.7 Å². The van der Waals surface area contributed by atoms with E-state index in [1.54, 1.807) is 4.68 Å². The van der Waals surface area contributed by atoms with E-state index in [1.165, 1.54) is 6.33 Å². The Morgan fingerprint density at radius 1 is 1.05 bits per heavy atom. The maximum Gasteiger partial charge on any atom is 0.164 e. The lowest BCUT2D eigenvalue weighted by molar-refractivity contribution is 0.545. The monoisotopic (exact) mass is 292 g/mol. The zero-order valence-electron chi connectivity index (χ0n) is 12.4. The Labute approximate surface area is 128 Å². The van der Waals surface area contributed by atoms with E-state index in [2.05, 4.69) is 26.9 Å². The highest BCUT2D eigenvalue weighted by molar-refractivity contribution is 5.90. The van der Waals surface area contributed by atoms with Gasteiger partial charge in [0, 0.05) is 17.3 Å².